The van der Waals surface area contributed by atoms with E-state index in [1.54, 1.807) is 36.4 Å². The number of carbonyl (C=O) groups is 1. The minimum atomic E-state index is -0.235. The van der Waals surface area contributed by atoms with Gasteiger partial charge in [0.25, 0.3) is 0 Å². The van der Waals surface area contributed by atoms with E-state index in [-0.39, 0.29) is 11.7 Å². The molecule has 0 heterocycles. The topological polar surface area (TPSA) is 89.2 Å². The van der Waals surface area contributed by atoms with E-state index in [0.717, 1.165) is 5.56 Å². The molecule has 2 N–H and O–H groups in total. The van der Waals surface area contributed by atoms with Crippen molar-refractivity contribution in [2.24, 2.45) is 5.73 Å². The average Bonchev–Trinajstić information content (AvgIpc) is 2.70. The number of ether oxygens (including phenoxy) is 5. The lowest BCUT2D eigenvalue weighted by Gasteiger charge is -2.13. The van der Waals surface area contributed by atoms with Crippen molar-refractivity contribution in [3.63, 3.8) is 0 Å². The largest absolute Gasteiger partial charge is 0.493 e. The molecule has 0 aliphatic carbocycles. The summed E-state index contributed by atoms with van der Waals surface area (Å²) in [5.74, 6) is 1.93. The van der Waals surface area contributed by atoms with Crippen molar-refractivity contribution in [3.05, 3.63) is 60.0 Å². The smallest absolute Gasteiger partial charge is 0.203 e. The summed E-state index contributed by atoms with van der Waals surface area (Å²) in [6.07, 6.45) is 3.08. The van der Waals surface area contributed by atoms with Crippen LogP contribution in [-0.4, -0.2) is 34.2 Å². The summed E-state index contributed by atoms with van der Waals surface area (Å²) < 4.78 is 26.4. The molecule has 0 fully saturated rings. The van der Waals surface area contributed by atoms with Gasteiger partial charge in [0.2, 0.25) is 5.75 Å². The van der Waals surface area contributed by atoms with Gasteiger partial charge in [-0.2, -0.15) is 0 Å². The van der Waals surface area contributed by atoms with Crippen LogP contribution >= 0.6 is 0 Å². The van der Waals surface area contributed by atoms with Crippen molar-refractivity contribution < 1.29 is 28.5 Å². The van der Waals surface area contributed by atoms with Crippen LogP contribution in [0.5, 0.6) is 28.7 Å². The third-order valence-electron chi connectivity index (χ3n) is 3.81. The third kappa shape index (κ3) is 4.76. The molecule has 28 heavy (non-hydrogen) atoms. The Morgan fingerprint density at radius 3 is 2.00 bits per heavy atom. The molecule has 0 aliphatic heterocycles. The molecule has 7 nitrogen and oxygen atoms in total. The van der Waals surface area contributed by atoms with Crippen molar-refractivity contribution in [3.8, 4) is 28.7 Å². The molecular weight excluding hydrogens is 362 g/mol. The molecule has 0 bridgehead atoms. The van der Waals surface area contributed by atoms with Crippen molar-refractivity contribution in [1.82, 2.24) is 0 Å². The summed E-state index contributed by atoms with van der Waals surface area (Å²) in [5, 5.41) is 0. The lowest BCUT2D eigenvalue weighted by Crippen LogP contribution is -2.04. The predicted molar refractivity (Wildman–Crippen MR) is 106 cm³/mol. The van der Waals surface area contributed by atoms with Gasteiger partial charge in [-0.1, -0.05) is 12.1 Å². The quantitative estimate of drug-likeness (QED) is 0.402. The molecule has 0 unspecified atom stereocenters. The lowest BCUT2D eigenvalue weighted by molar-refractivity contribution is 0.104. The zero-order valence-corrected chi connectivity index (χ0v) is 16.3. The van der Waals surface area contributed by atoms with Crippen LogP contribution in [0.4, 0.5) is 0 Å². The Hall–Kier alpha value is -3.61. The normalized spacial score (nSPS) is 10.4. The fourth-order valence-corrected chi connectivity index (χ4v) is 2.51. The van der Waals surface area contributed by atoms with Gasteiger partial charge in [-0.3, -0.25) is 4.79 Å². The van der Waals surface area contributed by atoms with Crippen LogP contribution in [0.15, 0.2) is 48.9 Å². The van der Waals surface area contributed by atoms with Crippen LogP contribution in [0.1, 0.15) is 15.9 Å². The monoisotopic (exact) mass is 385 g/mol. The first-order valence-electron chi connectivity index (χ1n) is 8.26. The minimum absolute atomic E-state index is 0.0351. The van der Waals surface area contributed by atoms with Crippen LogP contribution in [0.25, 0.3) is 6.08 Å². The molecule has 7 heteroatoms. The van der Waals surface area contributed by atoms with Gasteiger partial charge < -0.3 is 29.4 Å². The van der Waals surface area contributed by atoms with Crippen LogP contribution in [0.3, 0.4) is 0 Å². The minimum Gasteiger partial charge on any atom is -0.493 e. The lowest BCUT2D eigenvalue weighted by atomic mass is 10.1. The van der Waals surface area contributed by atoms with E-state index in [0.29, 0.717) is 34.3 Å². The molecule has 0 saturated carbocycles. The van der Waals surface area contributed by atoms with Crippen LogP contribution in [0, 0.1) is 0 Å². The van der Waals surface area contributed by atoms with E-state index in [9.17, 15) is 4.79 Å². The summed E-state index contributed by atoms with van der Waals surface area (Å²) in [4.78, 5) is 12.6. The number of nitrogens with two attached hydrogens (primary N) is 1. The Morgan fingerprint density at radius 1 is 0.893 bits per heavy atom. The standard InChI is InChI=1S/C21H23NO6/c1-13(22)28-18-10-14(7-9-17(18)24-2)6-8-16(23)15-11-19(25-3)21(27-5)20(12-15)26-4/h6-12H,1,22H2,2-5H3/b8-6+. The van der Waals surface area contributed by atoms with Gasteiger partial charge in [-0.05, 0) is 42.5 Å². The second-order valence-corrected chi connectivity index (χ2v) is 5.59. The van der Waals surface area contributed by atoms with Gasteiger partial charge in [0.15, 0.2) is 34.7 Å². The second kappa shape index (κ2) is 9.36. The van der Waals surface area contributed by atoms with E-state index in [4.69, 9.17) is 29.4 Å². The van der Waals surface area contributed by atoms with Gasteiger partial charge in [-0.25, -0.2) is 0 Å². The molecule has 2 rings (SSSR count). The fourth-order valence-electron chi connectivity index (χ4n) is 2.51. The first kappa shape index (κ1) is 20.7. The number of hydrogen-bond donors (Lipinski definition) is 1. The Balaban J connectivity index is 2.32. The number of carbonyl (C=O) groups excluding carboxylic acids is 1. The van der Waals surface area contributed by atoms with Crippen molar-refractivity contribution in [2.45, 2.75) is 0 Å². The molecule has 0 aliphatic rings. The maximum Gasteiger partial charge on any atom is 0.203 e. The first-order chi connectivity index (χ1) is 13.4. The van der Waals surface area contributed by atoms with Gasteiger partial charge in [0, 0.05) is 5.56 Å². The highest BCUT2D eigenvalue weighted by Gasteiger charge is 2.15. The van der Waals surface area contributed by atoms with Crippen molar-refractivity contribution in [1.29, 1.82) is 0 Å². The van der Waals surface area contributed by atoms with Crippen LogP contribution in [-0.2, 0) is 0 Å². The van der Waals surface area contributed by atoms with E-state index < -0.39 is 0 Å². The van der Waals surface area contributed by atoms with Gasteiger partial charge >= 0.3 is 0 Å². The molecule has 0 radical (unpaired) electrons. The maximum absolute atomic E-state index is 12.6. The number of rotatable bonds is 9. The number of hydrogen-bond acceptors (Lipinski definition) is 7. The Labute approximate surface area is 163 Å². The van der Waals surface area contributed by atoms with E-state index in [1.165, 1.54) is 34.5 Å². The summed E-state index contributed by atoms with van der Waals surface area (Å²) >= 11 is 0. The molecule has 0 atom stereocenters. The molecule has 0 spiro atoms. The van der Waals surface area contributed by atoms with Crippen molar-refractivity contribution in [2.75, 3.05) is 28.4 Å². The molecule has 2 aromatic rings. The van der Waals surface area contributed by atoms with Crippen LogP contribution < -0.4 is 29.4 Å². The highest BCUT2D eigenvalue weighted by molar-refractivity contribution is 6.07. The highest BCUT2D eigenvalue weighted by atomic mass is 16.5. The second-order valence-electron chi connectivity index (χ2n) is 5.59. The zero-order chi connectivity index (χ0) is 20.7. The molecule has 148 valence electrons. The Bertz CT molecular complexity index is 879. The molecule has 0 aromatic heterocycles. The highest BCUT2D eigenvalue weighted by Crippen LogP contribution is 2.38. The molecule has 0 saturated heterocycles. The van der Waals surface area contributed by atoms with E-state index >= 15 is 0 Å². The average molecular weight is 385 g/mol. The zero-order valence-electron chi connectivity index (χ0n) is 16.3. The summed E-state index contributed by atoms with van der Waals surface area (Å²) in [6, 6.07) is 8.37. The van der Waals surface area contributed by atoms with E-state index in [2.05, 4.69) is 6.58 Å². The maximum atomic E-state index is 12.6. The SMILES string of the molecule is C=C(N)Oc1cc(/C=C/C(=O)c2cc(OC)c(OC)c(OC)c2)ccc1OC. The summed E-state index contributed by atoms with van der Waals surface area (Å²) in [7, 11) is 6.00. The summed E-state index contributed by atoms with van der Waals surface area (Å²) in [6.45, 7) is 3.51. The Kier molecular flexibility index (Phi) is 6.92. The number of benzene rings is 2. The summed E-state index contributed by atoms with van der Waals surface area (Å²) in [5.41, 5.74) is 6.61. The fraction of sp³-hybridized carbons (Fsp3) is 0.190. The van der Waals surface area contributed by atoms with Gasteiger partial charge in [0.05, 0.1) is 28.4 Å². The third-order valence-corrected chi connectivity index (χ3v) is 3.81. The molecule has 2 aromatic carbocycles. The predicted octanol–water partition coefficient (Wildman–Crippen LogP) is 3.43. The number of methoxy groups -OCH3 is 4. The van der Waals surface area contributed by atoms with Crippen LogP contribution in [0.2, 0.25) is 0 Å². The Morgan fingerprint density at radius 2 is 1.50 bits per heavy atom. The van der Waals surface area contributed by atoms with E-state index in [1.807, 2.05) is 0 Å². The number of allylic oxidation sites excluding steroid dienone is 1. The van der Waals surface area contributed by atoms with Crippen molar-refractivity contribution >= 4 is 11.9 Å². The molecule has 0 amide bonds. The van der Waals surface area contributed by atoms with Gasteiger partial charge in [0.1, 0.15) is 0 Å². The first-order valence-corrected chi connectivity index (χ1v) is 8.26. The molecular formula is C21H23NO6. The number of ketones is 1. The van der Waals surface area contributed by atoms with Gasteiger partial charge in [-0.15, -0.1) is 0 Å².